The van der Waals surface area contributed by atoms with Crippen LogP contribution in [0.15, 0.2) is 12.4 Å². The molecule has 0 N–H and O–H groups in total. The molecule has 1 rings (SSSR count). The molecule has 0 radical (unpaired) electrons. The fraction of sp³-hybridized carbons (Fsp3) is 0.600. The highest BCUT2D eigenvalue weighted by atomic mass is 32.3. The largest absolute Gasteiger partial charge is 0.315 e. The maximum atomic E-state index is 2.27. The van der Waals surface area contributed by atoms with Crippen LogP contribution in [0.3, 0.4) is 0 Å². The van der Waals surface area contributed by atoms with E-state index in [9.17, 15) is 0 Å². The average molecular weight is 117 g/mol. The molecule has 1 nitrogen and oxygen atoms in total. The molecule has 0 aromatic carbocycles. The third-order valence-electron chi connectivity index (χ3n) is 0.903. The molecule has 0 atom stereocenters. The summed E-state index contributed by atoms with van der Waals surface area (Å²) in [6, 6.07) is 0. The minimum absolute atomic E-state index is 0.407. The zero-order valence-corrected chi connectivity index (χ0v) is 5.83. The van der Waals surface area contributed by atoms with Crippen molar-refractivity contribution in [2.75, 3.05) is 18.8 Å². The van der Waals surface area contributed by atoms with Gasteiger partial charge in [0.25, 0.3) is 0 Å². The summed E-state index contributed by atoms with van der Waals surface area (Å²) < 4.78 is 2.27. The van der Waals surface area contributed by atoms with E-state index >= 15 is 0 Å². The van der Waals surface area contributed by atoms with Crippen LogP contribution in [0.1, 0.15) is 0 Å². The van der Waals surface area contributed by atoms with Crippen LogP contribution >= 0.6 is 10.2 Å². The highest BCUT2D eigenvalue weighted by Gasteiger charge is 2.16. The van der Waals surface area contributed by atoms with E-state index in [0.29, 0.717) is 0 Å². The number of hydrogen-bond acceptors (Lipinski definition) is 1. The molecule has 7 heavy (non-hydrogen) atoms. The molecule has 0 aromatic heterocycles. The molecule has 1 heterocycles. The Morgan fingerprint density at radius 2 is 1.57 bits per heavy atom. The fourth-order valence-electron chi connectivity index (χ4n) is 0.392. The number of hydrogen-bond donors (Lipinski definition) is 0. The summed E-state index contributed by atoms with van der Waals surface area (Å²) in [5.41, 5.74) is 0. The van der Waals surface area contributed by atoms with Gasteiger partial charge in [0.05, 0.1) is 0 Å². The van der Waals surface area contributed by atoms with Gasteiger partial charge in [-0.3, -0.25) is 0 Å². The molecule has 0 amide bonds. The highest BCUT2D eigenvalue weighted by Crippen LogP contribution is 2.45. The molecule has 42 valence electrons. The average Bonchev–Trinajstić information content (AvgIpc) is 1.99. The first-order valence-electron chi connectivity index (χ1n) is 2.26. The first-order chi connectivity index (χ1) is 3.11. The molecule has 0 saturated carbocycles. The van der Waals surface area contributed by atoms with Crippen LogP contribution < -0.4 is 0 Å². The molecule has 0 unspecified atom stereocenters. The molecule has 2 heteroatoms. The second kappa shape index (κ2) is 1.19. The second-order valence-corrected chi connectivity index (χ2v) is 6.40. The molecule has 0 aliphatic carbocycles. The van der Waals surface area contributed by atoms with E-state index in [0.717, 1.165) is 0 Å². The zero-order valence-electron chi connectivity index (χ0n) is 5.01. The highest BCUT2D eigenvalue weighted by molar-refractivity contribution is 8.30. The van der Waals surface area contributed by atoms with Gasteiger partial charge in [0.15, 0.2) is 0 Å². The van der Waals surface area contributed by atoms with Gasteiger partial charge >= 0.3 is 0 Å². The summed E-state index contributed by atoms with van der Waals surface area (Å²) in [6.07, 6.45) is 11.1. The van der Waals surface area contributed by atoms with Crippen LogP contribution in [0.25, 0.3) is 0 Å². The summed E-state index contributed by atoms with van der Waals surface area (Å²) in [7, 11) is -0.407. The molecule has 0 bridgehead atoms. The van der Waals surface area contributed by atoms with Crippen molar-refractivity contribution < 1.29 is 0 Å². The van der Waals surface area contributed by atoms with E-state index < -0.39 is 10.2 Å². The summed E-state index contributed by atoms with van der Waals surface area (Å²) in [6.45, 7) is 0. The number of nitrogens with zero attached hydrogens (tertiary/aromatic N) is 1. The van der Waals surface area contributed by atoms with Gasteiger partial charge in [-0.25, -0.2) is 0 Å². The van der Waals surface area contributed by atoms with Crippen LogP contribution in [-0.4, -0.2) is 23.1 Å². The topological polar surface area (TPSA) is 3.01 Å². The van der Waals surface area contributed by atoms with E-state index in [2.05, 4.69) is 35.5 Å². The fourth-order valence-corrected chi connectivity index (χ4v) is 1.18. The van der Waals surface area contributed by atoms with Crippen LogP contribution in [0.5, 0.6) is 0 Å². The van der Waals surface area contributed by atoms with Gasteiger partial charge in [-0.2, -0.15) is 10.2 Å². The Balaban J connectivity index is 2.38. The zero-order chi connectivity index (χ0) is 5.49. The lowest BCUT2D eigenvalue weighted by Crippen LogP contribution is -2.01. The molecule has 1 aliphatic rings. The van der Waals surface area contributed by atoms with Crippen molar-refractivity contribution in [1.82, 2.24) is 4.31 Å². The van der Waals surface area contributed by atoms with Crippen LogP contribution in [-0.2, 0) is 0 Å². The Morgan fingerprint density at radius 3 is 1.57 bits per heavy atom. The van der Waals surface area contributed by atoms with Crippen molar-refractivity contribution in [3.8, 4) is 0 Å². The lowest BCUT2D eigenvalue weighted by Gasteiger charge is -2.27. The molecular formula is C5H11NS. The van der Waals surface area contributed by atoms with Gasteiger partial charge in [0, 0.05) is 12.4 Å². The van der Waals surface area contributed by atoms with Gasteiger partial charge in [0.2, 0.25) is 0 Å². The smallest absolute Gasteiger partial charge is 0.0311 e. The van der Waals surface area contributed by atoms with E-state index in [1.807, 2.05) is 0 Å². The van der Waals surface area contributed by atoms with Gasteiger partial charge in [-0.15, -0.1) is 0 Å². The molecule has 0 fully saturated rings. The molecule has 0 aromatic rings. The Hall–Kier alpha value is -0.110. The Bertz CT molecular complexity index is 95.1. The lowest BCUT2D eigenvalue weighted by atomic mass is 11.3. The molecule has 1 aliphatic heterocycles. The van der Waals surface area contributed by atoms with Crippen molar-refractivity contribution in [1.29, 1.82) is 0 Å². The third-order valence-corrected chi connectivity index (χ3v) is 2.41. The van der Waals surface area contributed by atoms with E-state index in [4.69, 9.17) is 0 Å². The van der Waals surface area contributed by atoms with Crippen LogP contribution in [0.2, 0.25) is 0 Å². The predicted molar refractivity (Wildman–Crippen MR) is 36.3 cm³/mol. The maximum absolute atomic E-state index is 2.27. The number of rotatable bonds is 1. The third kappa shape index (κ3) is 1.13. The van der Waals surface area contributed by atoms with Gasteiger partial charge in [0.1, 0.15) is 0 Å². The van der Waals surface area contributed by atoms with Gasteiger partial charge < -0.3 is 4.31 Å². The van der Waals surface area contributed by atoms with Crippen molar-refractivity contribution in [2.45, 2.75) is 0 Å². The maximum Gasteiger partial charge on any atom is 0.0311 e. The van der Waals surface area contributed by atoms with Crippen LogP contribution in [0, 0.1) is 0 Å². The van der Waals surface area contributed by atoms with E-state index in [1.54, 1.807) is 0 Å². The van der Waals surface area contributed by atoms with Crippen LogP contribution in [0.4, 0.5) is 0 Å². The van der Waals surface area contributed by atoms with Crippen molar-refractivity contribution >= 4 is 10.2 Å². The first kappa shape index (κ1) is 5.04. The Morgan fingerprint density at radius 1 is 1.14 bits per heavy atom. The Labute approximate surface area is 46.5 Å². The summed E-state index contributed by atoms with van der Waals surface area (Å²) in [5, 5.41) is 0. The lowest BCUT2D eigenvalue weighted by molar-refractivity contribution is 1.01. The summed E-state index contributed by atoms with van der Waals surface area (Å²) >= 11 is 0. The molecule has 0 saturated heterocycles. The second-order valence-electron chi connectivity index (χ2n) is 2.43. The van der Waals surface area contributed by atoms with Crippen molar-refractivity contribution in [3.05, 3.63) is 12.4 Å². The minimum atomic E-state index is -0.407. The van der Waals surface area contributed by atoms with Gasteiger partial charge in [-0.1, -0.05) is 0 Å². The minimum Gasteiger partial charge on any atom is -0.315 e. The summed E-state index contributed by atoms with van der Waals surface area (Å²) in [5.74, 6) is 0. The van der Waals surface area contributed by atoms with Crippen molar-refractivity contribution in [2.24, 2.45) is 0 Å². The molecular weight excluding hydrogens is 106 g/mol. The van der Waals surface area contributed by atoms with Crippen molar-refractivity contribution in [3.63, 3.8) is 0 Å². The monoisotopic (exact) mass is 117 g/mol. The normalized spacial score (nSPS) is 20.1. The molecule has 0 spiro atoms. The summed E-state index contributed by atoms with van der Waals surface area (Å²) in [4.78, 5) is 0. The van der Waals surface area contributed by atoms with E-state index in [1.165, 1.54) is 0 Å². The predicted octanol–water partition coefficient (Wildman–Crippen LogP) is 1.38. The standard InChI is InChI=1S/C5H11NS/c1-7(2,3)6-4-5-6/h4-5H,1-3H3. The van der Waals surface area contributed by atoms with Gasteiger partial charge in [-0.05, 0) is 18.8 Å². The quantitative estimate of drug-likeness (QED) is 0.501. The van der Waals surface area contributed by atoms with E-state index in [-0.39, 0.29) is 0 Å². The SMILES string of the molecule is CS(C)(C)N1C=C1. The first-order valence-corrected chi connectivity index (χ1v) is 5.07. The Kier molecular flexibility index (Phi) is 0.854.